The summed E-state index contributed by atoms with van der Waals surface area (Å²) >= 11 is 0. The monoisotopic (exact) mass is 466 g/mol. The van der Waals surface area contributed by atoms with E-state index in [0.717, 1.165) is 25.7 Å². The van der Waals surface area contributed by atoms with Gasteiger partial charge in [0, 0.05) is 0 Å². The van der Waals surface area contributed by atoms with Crippen molar-refractivity contribution in [1.82, 2.24) is 0 Å². The predicted molar refractivity (Wildman–Crippen MR) is 142 cm³/mol. The fourth-order valence-electron chi connectivity index (χ4n) is 4.98. The first-order valence-corrected chi connectivity index (χ1v) is 15.2. The Morgan fingerprint density at radius 3 is 0.606 bits per heavy atom. The van der Waals surface area contributed by atoms with Crippen LogP contribution in [0.2, 0.25) is 0 Å². The number of cyclic esters (lactones) is 2. The van der Waals surface area contributed by atoms with Crippen molar-refractivity contribution in [3.63, 3.8) is 0 Å². The molecule has 0 radical (unpaired) electrons. The van der Waals surface area contributed by atoms with E-state index in [1.165, 1.54) is 148 Å². The van der Waals surface area contributed by atoms with Crippen LogP contribution in [0.25, 0.3) is 0 Å². The van der Waals surface area contributed by atoms with Gasteiger partial charge in [0.2, 0.25) is 0 Å². The summed E-state index contributed by atoms with van der Waals surface area (Å²) in [6.07, 6.45) is 36.1. The summed E-state index contributed by atoms with van der Waals surface area (Å²) < 4.78 is 10.4. The van der Waals surface area contributed by atoms with E-state index in [-0.39, 0.29) is 0 Å². The normalized spacial score (nSPS) is 23.2. The third-order valence-electron chi connectivity index (χ3n) is 7.23. The van der Waals surface area contributed by atoms with Crippen LogP contribution in [-0.2, 0) is 9.47 Å². The number of carbonyl (C=O) groups is 1. The van der Waals surface area contributed by atoms with Gasteiger partial charge in [0.15, 0.2) is 0 Å². The largest absolute Gasteiger partial charge is 0.508 e. The lowest BCUT2D eigenvalue weighted by molar-refractivity contribution is 0.0529. The molecule has 1 fully saturated rings. The van der Waals surface area contributed by atoms with Crippen molar-refractivity contribution in [2.45, 2.75) is 173 Å². The molecule has 0 saturated carbocycles. The average Bonchev–Trinajstić information content (AvgIpc) is 2.82. The number of rotatable bonds is 0. The van der Waals surface area contributed by atoms with Crippen LogP contribution in [-0.4, -0.2) is 19.4 Å². The third-order valence-corrected chi connectivity index (χ3v) is 7.23. The van der Waals surface area contributed by atoms with Crippen LogP contribution in [0.1, 0.15) is 173 Å². The first kappa shape index (κ1) is 30.3. The average molecular weight is 467 g/mol. The molecule has 0 aliphatic carbocycles. The Kier molecular flexibility index (Phi) is 23.8. The van der Waals surface area contributed by atoms with Crippen molar-refractivity contribution in [3.05, 3.63) is 0 Å². The Bertz CT molecular complexity index is 362. The zero-order valence-corrected chi connectivity index (χ0v) is 22.2. The van der Waals surface area contributed by atoms with Gasteiger partial charge in [0.1, 0.15) is 0 Å². The fourth-order valence-corrected chi connectivity index (χ4v) is 4.98. The van der Waals surface area contributed by atoms with Gasteiger partial charge in [0.25, 0.3) is 0 Å². The summed E-state index contributed by atoms with van der Waals surface area (Å²) in [5.41, 5.74) is 0. The van der Waals surface area contributed by atoms with Crippen LogP contribution in [0.4, 0.5) is 4.79 Å². The van der Waals surface area contributed by atoms with Crippen molar-refractivity contribution in [2.75, 3.05) is 13.2 Å². The van der Waals surface area contributed by atoms with Crippen LogP contribution in [0.15, 0.2) is 0 Å². The van der Waals surface area contributed by atoms with E-state index in [4.69, 9.17) is 9.47 Å². The molecule has 0 bridgehead atoms. The van der Waals surface area contributed by atoms with E-state index < -0.39 is 6.16 Å². The molecule has 0 amide bonds. The molecule has 3 nitrogen and oxygen atoms in total. The number of hydrogen-bond donors (Lipinski definition) is 0. The van der Waals surface area contributed by atoms with Gasteiger partial charge in [-0.3, -0.25) is 0 Å². The van der Waals surface area contributed by atoms with Crippen molar-refractivity contribution in [2.24, 2.45) is 0 Å². The molecule has 3 heteroatoms. The van der Waals surface area contributed by atoms with Gasteiger partial charge >= 0.3 is 6.16 Å². The lowest BCUT2D eigenvalue weighted by Crippen LogP contribution is -2.09. The van der Waals surface area contributed by atoms with E-state index in [1.807, 2.05) is 0 Å². The summed E-state index contributed by atoms with van der Waals surface area (Å²) in [6, 6.07) is 0. The van der Waals surface area contributed by atoms with Crippen molar-refractivity contribution in [1.29, 1.82) is 0 Å². The Balaban J connectivity index is 2.06. The first-order chi connectivity index (χ1) is 16.4. The minimum atomic E-state index is -0.471. The minimum absolute atomic E-state index is 0.471. The van der Waals surface area contributed by atoms with Crippen molar-refractivity contribution >= 4 is 6.16 Å². The Labute approximate surface area is 207 Å². The summed E-state index contributed by atoms with van der Waals surface area (Å²) in [6.45, 7) is 1.03. The standard InChI is InChI=1S/C30H58O3/c31-30-32-28-26-24-22-20-18-16-14-12-10-8-6-4-2-1-3-5-7-9-11-13-15-17-19-21-23-25-27-29-33-30/h1-29H2. The summed E-state index contributed by atoms with van der Waals surface area (Å²) in [4.78, 5) is 11.6. The highest BCUT2D eigenvalue weighted by Gasteiger charge is 2.03. The van der Waals surface area contributed by atoms with E-state index >= 15 is 0 Å². The van der Waals surface area contributed by atoms with Gasteiger partial charge < -0.3 is 9.47 Å². The Morgan fingerprint density at radius 1 is 0.273 bits per heavy atom. The molecule has 1 aliphatic heterocycles. The molecule has 1 aliphatic rings. The second-order valence-electron chi connectivity index (χ2n) is 10.5. The molecule has 0 aromatic heterocycles. The Hall–Kier alpha value is -0.730. The molecule has 0 spiro atoms. The topological polar surface area (TPSA) is 35.5 Å². The highest BCUT2D eigenvalue weighted by Crippen LogP contribution is 2.16. The third kappa shape index (κ3) is 24.2. The van der Waals surface area contributed by atoms with Crippen molar-refractivity contribution < 1.29 is 14.3 Å². The van der Waals surface area contributed by atoms with Gasteiger partial charge in [-0.2, -0.15) is 0 Å². The molecular weight excluding hydrogens is 408 g/mol. The number of ether oxygens (including phenoxy) is 2. The van der Waals surface area contributed by atoms with E-state index in [9.17, 15) is 4.79 Å². The van der Waals surface area contributed by atoms with Gasteiger partial charge in [0.05, 0.1) is 13.2 Å². The van der Waals surface area contributed by atoms with E-state index in [0.29, 0.717) is 13.2 Å². The highest BCUT2D eigenvalue weighted by molar-refractivity contribution is 5.59. The summed E-state index contributed by atoms with van der Waals surface area (Å²) in [5.74, 6) is 0. The van der Waals surface area contributed by atoms with Crippen LogP contribution >= 0.6 is 0 Å². The van der Waals surface area contributed by atoms with Crippen molar-refractivity contribution in [3.8, 4) is 0 Å². The molecule has 33 heavy (non-hydrogen) atoms. The smallest absolute Gasteiger partial charge is 0.434 e. The van der Waals surface area contributed by atoms with Crippen LogP contribution in [0.3, 0.4) is 0 Å². The molecule has 0 unspecified atom stereocenters. The quantitative estimate of drug-likeness (QED) is 0.333. The van der Waals surface area contributed by atoms with Crippen LogP contribution < -0.4 is 0 Å². The molecule has 1 rings (SSSR count). The van der Waals surface area contributed by atoms with Gasteiger partial charge in [-0.1, -0.05) is 161 Å². The maximum absolute atomic E-state index is 11.6. The first-order valence-electron chi connectivity index (χ1n) is 15.2. The molecule has 0 N–H and O–H groups in total. The molecule has 196 valence electrons. The molecule has 0 atom stereocenters. The van der Waals surface area contributed by atoms with E-state index in [1.54, 1.807) is 0 Å². The van der Waals surface area contributed by atoms with Crippen LogP contribution in [0.5, 0.6) is 0 Å². The lowest BCUT2D eigenvalue weighted by Gasteiger charge is -2.07. The lowest BCUT2D eigenvalue weighted by atomic mass is 10.0. The second-order valence-corrected chi connectivity index (χ2v) is 10.5. The molecule has 0 aromatic rings. The fraction of sp³-hybridized carbons (Fsp3) is 0.967. The maximum atomic E-state index is 11.6. The SMILES string of the molecule is O=C1OCCCCCCCCCCCCCCCCCCCCCCCCCCCCCO1. The number of carbonyl (C=O) groups excluding carboxylic acids is 1. The molecule has 1 heterocycles. The van der Waals surface area contributed by atoms with Gasteiger partial charge in [-0.25, -0.2) is 4.79 Å². The van der Waals surface area contributed by atoms with Gasteiger partial charge in [-0.05, 0) is 12.8 Å². The second kappa shape index (κ2) is 25.9. The van der Waals surface area contributed by atoms with E-state index in [2.05, 4.69) is 0 Å². The summed E-state index contributed by atoms with van der Waals surface area (Å²) in [7, 11) is 0. The molecular formula is C30H58O3. The molecule has 0 aromatic carbocycles. The Morgan fingerprint density at radius 2 is 0.424 bits per heavy atom. The number of hydrogen-bond acceptors (Lipinski definition) is 3. The maximum Gasteiger partial charge on any atom is 0.508 e. The summed E-state index contributed by atoms with van der Waals surface area (Å²) in [5, 5.41) is 0. The van der Waals surface area contributed by atoms with Crippen LogP contribution in [0, 0.1) is 0 Å². The predicted octanol–water partition coefficient (Wildman–Crippen LogP) is 10.7. The zero-order valence-electron chi connectivity index (χ0n) is 22.2. The highest BCUT2D eigenvalue weighted by atomic mass is 16.7. The minimum Gasteiger partial charge on any atom is -0.434 e. The zero-order chi connectivity index (χ0) is 23.5. The molecule has 1 saturated heterocycles. The van der Waals surface area contributed by atoms with Gasteiger partial charge in [-0.15, -0.1) is 0 Å².